The van der Waals surface area contributed by atoms with Gasteiger partial charge in [-0.05, 0) is 51.8 Å². The van der Waals surface area contributed by atoms with Crippen molar-refractivity contribution < 1.29 is 19.6 Å². The Balaban J connectivity index is 1.93. The number of thioether (sulfide) groups is 1. The summed E-state index contributed by atoms with van der Waals surface area (Å²) in [4.78, 5) is 24.7. The van der Waals surface area contributed by atoms with Crippen molar-refractivity contribution in [2.45, 2.75) is 0 Å². The molecule has 0 bridgehead atoms. The van der Waals surface area contributed by atoms with Crippen LogP contribution >= 0.6 is 39.9 Å². The van der Waals surface area contributed by atoms with Crippen LogP contribution in [-0.2, 0) is 4.79 Å². The minimum absolute atomic E-state index is 0.0342. The van der Waals surface area contributed by atoms with E-state index in [2.05, 4.69) is 15.9 Å². The highest BCUT2D eigenvalue weighted by Crippen LogP contribution is 2.39. The van der Waals surface area contributed by atoms with Crippen LogP contribution in [0.3, 0.4) is 0 Å². The monoisotopic (exact) mass is 466 g/mol. The Bertz CT molecular complexity index is 992. The number of aromatic hydroxyl groups is 1. The molecule has 1 heterocycles. The van der Waals surface area contributed by atoms with Crippen LogP contribution in [0.4, 0.5) is 11.4 Å². The number of hydrogen-bond donors (Lipinski definition) is 1. The van der Waals surface area contributed by atoms with Crippen LogP contribution in [0.2, 0.25) is 0 Å². The van der Waals surface area contributed by atoms with Crippen molar-refractivity contribution in [2.24, 2.45) is 0 Å². The van der Waals surface area contributed by atoms with Crippen molar-refractivity contribution in [3.63, 3.8) is 0 Å². The van der Waals surface area contributed by atoms with Gasteiger partial charge in [0, 0.05) is 12.1 Å². The summed E-state index contributed by atoms with van der Waals surface area (Å²) in [5, 5.41) is 20.7. The molecule has 7 nitrogen and oxygen atoms in total. The molecule has 1 saturated heterocycles. The number of anilines is 1. The van der Waals surface area contributed by atoms with E-state index in [0.29, 0.717) is 24.9 Å². The van der Waals surface area contributed by atoms with E-state index in [1.165, 1.54) is 36.3 Å². The van der Waals surface area contributed by atoms with Crippen LogP contribution in [0, 0.1) is 10.1 Å². The number of amides is 1. The smallest absolute Gasteiger partial charge is 0.270 e. The molecule has 27 heavy (non-hydrogen) atoms. The molecule has 1 aliphatic heterocycles. The third kappa shape index (κ3) is 3.82. The minimum atomic E-state index is -0.510. The Hall–Kier alpha value is -2.43. The van der Waals surface area contributed by atoms with Crippen LogP contribution in [0.1, 0.15) is 5.56 Å². The number of thiocarbonyl (C=S) groups is 1. The highest BCUT2D eigenvalue weighted by molar-refractivity contribution is 9.10. The Morgan fingerprint density at radius 1 is 1.33 bits per heavy atom. The molecule has 2 aromatic carbocycles. The van der Waals surface area contributed by atoms with Gasteiger partial charge in [0.1, 0.15) is 0 Å². The van der Waals surface area contributed by atoms with E-state index in [-0.39, 0.29) is 23.1 Å². The fraction of sp³-hybridized carbons (Fsp3) is 0.0588. The maximum Gasteiger partial charge on any atom is 0.270 e. The molecule has 0 radical (unpaired) electrons. The number of non-ortho nitro benzene ring substituents is 1. The summed E-state index contributed by atoms with van der Waals surface area (Å²) in [7, 11) is 1.43. The summed E-state index contributed by atoms with van der Waals surface area (Å²) < 4.78 is 5.86. The fourth-order valence-corrected chi connectivity index (χ4v) is 4.16. The number of rotatable bonds is 4. The minimum Gasteiger partial charge on any atom is -0.503 e. The van der Waals surface area contributed by atoms with Gasteiger partial charge < -0.3 is 9.84 Å². The van der Waals surface area contributed by atoms with E-state index < -0.39 is 4.92 Å². The predicted molar refractivity (Wildman–Crippen MR) is 111 cm³/mol. The zero-order chi connectivity index (χ0) is 19.7. The summed E-state index contributed by atoms with van der Waals surface area (Å²) in [6.45, 7) is 0. The molecule has 0 spiro atoms. The third-order valence-electron chi connectivity index (χ3n) is 3.68. The normalized spacial score (nSPS) is 15.5. The second-order valence-corrected chi connectivity index (χ2v) is 7.87. The number of hydrogen-bond acceptors (Lipinski definition) is 7. The Morgan fingerprint density at radius 2 is 2.00 bits per heavy atom. The first-order chi connectivity index (χ1) is 12.8. The van der Waals surface area contributed by atoms with Crippen molar-refractivity contribution in [3.8, 4) is 11.5 Å². The molecule has 3 rings (SSSR count). The molecule has 1 fully saturated rings. The Kier molecular flexibility index (Phi) is 5.49. The van der Waals surface area contributed by atoms with Crippen molar-refractivity contribution in [2.75, 3.05) is 12.0 Å². The molecule has 1 aliphatic rings. The van der Waals surface area contributed by atoms with Gasteiger partial charge in [0.15, 0.2) is 15.8 Å². The van der Waals surface area contributed by atoms with E-state index in [4.69, 9.17) is 17.0 Å². The summed E-state index contributed by atoms with van der Waals surface area (Å²) in [5.41, 5.74) is 1.03. The Morgan fingerprint density at radius 3 is 2.59 bits per heavy atom. The number of benzene rings is 2. The summed E-state index contributed by atoms with van der Waals surface area (Å²) >= 11 is 9.65. The van der Waals surface area contributed by atoms with Crippen molar-refractivity contribution in [3.05, 3.63) is 61.5 Å². The number of carbonyl (C=O) groups is 1. The van der Waals surface area contributed by atoms with Crippen LogP contribution < -0.4 is 9.64 Å². The lowest BCUT2D eigenvalue weighted by Crippen LogP contribution is -2.27. The first kappa shape index (κ1) is 19.3. The molecular formula is C17H11BrN2O5S2. The number of nitrogens with zero attached hydrogens (tertiary/aromatic N) is 2. The van der Waals surface area contributed by atoms with E-state index in [0.717, 1.165) is 11.8 Å². The van der Waals surface area contributed by atoms with Crippen molar-refractivity contribution >= 4 is 67.6 Å². The molecule has 0 aliphatic carbocycles. The van der Waals surface area contributed by atoms with Crippen LogP contribution in [0.25, 0.3) is 6.08 Å². The van der Waals surface area contributed by atoms with Crippen LogP contribution in [0.5, 0.6) is 11.5 Å². The first-order valence-corrected chi connectivity index (χ1v) is 9.42. The number of nitro benzene ring substituents is 1. The SMILES string of the molecule is COc1cc(/C=C2/SC(=S)N(c3ccc([N+](=O)[O-])cc3)C2=O)cc(Br)c1O. The second-order valence-electron chi connectivity index (χ2n) is 5.34. The molecular weight excluding hydrogens is 456 g/mol. The topological polar surface area (TPSA) is 92.9 Å². The molecule has 10 heteroatoms. The van der Waals surface area contributed by atoms with E-state index in [9.17, 15) is 20.0 Å². The van der Waals surface area contributed by atoms with Gasteiger partial charge in [-0.25, -0.2) is 0 Å². The summed E-state index contributed by atoms with van der Waals surface area (Å²) in [6.07, 6.45) is 1.64. The molecule has 0 unspecified atom stereocenters. The fourth-order valence-electron chi connectivity index (χ4n) is 2.40. The molecule has 1 amide bonds. The van der Waals surface area contributed by atoms with Gasteiger partial charge in [0.05, 0.1) is 27.1 Å². The summed E-state index contributed by atoms with van der Waals surface area (Å²) in [6, 6.07) is 8.84. The standard InChI is InChI=1S/C17H11BrN2O5S2/c1-25-13-7-9(6-12(18)15(13)21)8-14-16(22)19(17(26)27-14)10-2-4-11(5-3-10)20(23)24/h2-8,21H,1H3/b14-8+. The molecule has 0 atom stereocenters. The van der Waals surface area contributed by atoms with Gasteiger partial charge >= 0.3 is 0 Å². The average Bonchev–Trinajstić information content (AvgIpc) is 2.91. The van der Waals surface area contributed by atoms with Gasteiger partial charge in [0.2, 0.25) is 0 Å². The van der Waals surface area contributed by atoms with Gasteiger partial charge in [-0.15, -0.1) is 0 Å². The van der Waals surface area contributed by atoms with Crippen LogP contribution in [0.15, 0.2) is 45.8 Å². The molecule has 1 N–H and O–H groups in total. The lowest BCUT2D eigenvalue weighted by molar-refractivity contribution is -0.384. The molecule has 0 saturated carbocycles. The molecule has 0 aromatic heterocycles. The quantitative estimate of drug-likeness (QED) is 0.307. The van der Waals surface area contributed by atoms with E-state index in [1.54, 1.807) is 18.2 Å². The van der Waals surface area contributed by atoms with Gasteiger partial charge in [-0.3, -0.25) is 19.8 Å². The number of methoxy groups -OCH3 is 1. The maximum absolute atomic E-state index is 12.8. The van der Waals surface area contributed by atoms with Crippen molar-refractivity contribution in [1.29, 1.82) is 0 Å². The molecule has 138 valence electrons. The number of carbonyl (C=O) groups excluding carboxylic acids is 1. The van der Waals surface area contributed by atoms with Gasteiger partial charge in [-0.2, -0.15) is 0 Å². The van der Waals surface area contributed by atoms with Crippen LogP contribution in [-0.4, -0.2) is 27.4 Å². The lowest BCUT2D eigenvalue weighted by Gasteiger charge is -2.14. The number of phenols is 1. The third-order valence-corrected chi connectivity index (χ3v) is 5.59. The number of phenolic OH excluding ortho intramolecular Hbond substituents is 1. The van der Waals surface area contributed by atoms with Gasteiger partial charge in [0.25, 0.3) is 11.6 Å². The van der Waals surface area contributed by atoms with Gasteiger partial charge in [-0.1, -0.05) is 24.0 Å². The zero-order valence-corrected chi connectivity index (χ0v) is 16.9. The number of ether oxygens (including phenoxy) is 1. The molecule has 2 aromatic rings. The highest BCUT2D eigenvalue weighted by atomic mass is 79.9. The number of halogens is 1. The first-order valence-electron chi connectivity index (χ1n) is 7.40. The highest BCUT2D eigenvalue weighted by Gasteiger charge is 2.33. The average molecular weight is 467 g/mol. The maximum atomic E-state index is 12.8. The summed E-state index contributed by atoms with van der Waals surface area (Å²) in [5.74, 6) is -0.100. The van der Waals surface area contributed by atoms with E-state index in [1.807, 2.05) is 0 Å². The predicted octanol–water partition coefficient (Wildman–Crippen LogP) is 4.48. The van der Waals surface area contributed by atoms with Crippen molar-refractivity contribution in [1.82, 2.24) is 0 Å². The second kappa shape index (κ2) is 7.67. The lowest BCUT2D eigenvalue weighted by atomic mass is 10.2. The largest absolute Gasteiger partial charge is 0.503 e. The Labute approximate surface area is 171 Å². The van der Waals surface area contributed by atoms with E-state index >= 15 is 0 Å². The zero-order valence-electron chi connectivity index (χ0n) is 13.7. The number of nitro groups is 1.